The van der Waals surface area contributed by atoms with E-state index in [2.05, 4.69) is 10.6 Å². The maximum absolute atomic E-state index is 12.2. The lowest BCUT2D eigenvalue weighted by atomic mass is 9.86. The van der Waals surface area contributed by atoms with Crippen molar-refractivity contribution in [3.63, 3.8) is 0 Å². The molecule has 1 aliphatic rings. The van der Waals surface area contributed by atoms with Crippen LogP contribution in [0.2, 0.25) is 0 Å². The Morgan fingerprint density at radius 1 is 1.24 bits per heavy atom. The highest BCUT2D eigenvalue weighted by Gasteiger charge is 2.27. The summed E-state index contributed by atoms with van der Waals surface area (Å²) >= 11 is 1.36. The standard InChI is InChI=1S/C17H24N2O5S/c1-3-12-9-13(16(22)24-4-2)14(25-12)19-17(23)18-11-7-5-10(6-8-11)15(20)21/h9-11H,3-8H2,1-2H3,(H,20,21)(H2,18,19,23). The van der Waals surface area contributed by atoms with Crippen molar-refractivity contribution < 1.29 is 24.2 Å². The van der Waals surface area contributed by atoms with Crippen LogP contribution in [0.5, 0.6) is 0 Å². The van der Waals surface area contributed by atoms with E-state index in [1.807, 2.05) is 6.92 Å². The Kier molecular flexibility index (Phi) is 6.81. The van der Waals surface area contributed by atoms with Gasteiger partial charge in [0.25, 0.3) is 0 Å². The van der Waals surface area contributed by atoms with Crippen molar-refractivity contribution in [3.05, 3.63) is 16.5 Å². The van der Waals surface area contributed by atoms with Crippen LogP contribution in [-0.2, 0) is 16.0 Å². The molecular formula is C17H24N2O5S. The lowest BCUT2D eigenvalue weighted by molar-refractivity contribution is -0.142. The first kappa shape index (κ1) is 19.2. The second-order valence-electron chi connectivity index (χ2n) is 6.01. The summed E-state index contributed by atoms with van der Waals surface area (Å²) in [7, 11) is 0. The maximum Gasteiger partial charge on any atom is 0.341 e. The summed E-state index contributed by atoms with van der Waals surface area (Å²) in [6.07, 6.45) is 3.17. The summed E-state index contributed by atoms with van der Waals surface area (Å²) < 4.78 is 5.03. The molecule has 8 heteroatoms. The monoisotopic (exact) mass is 368 g/mol. The first-order valence-electron chi connectivity index (χ1n) is 8.54. The molecule has 1 fully saturated rings. The van der Waals surface area contributed by atoms with Crippen molar-refractivity contribution in [2.75, 3.05) is 11.9 Å². The van der Waals surface area contributed by atoms with E-state index in [9.17, 15) is 14.4 Å². The van der Waals surface area contributed by atoms with E-state index in [1.54, 1.807) is 13.0 Å². The number of hydrogen-bond acceptors (Lipinski definition) is 5. The van der Waals surface area contributed by atoms with Gasteiger partial charge in [-0.1, -0.05) is 6.92 Å². The smallest absolute Gasteiger partial charge is 0.341 e. The zero-order chi connectivity index (χ0) is 18.4. The molecule has 1 aliphatic carbocycles. The Morgan fingerprint density at radius 2 is 1.92 bits per heavy atom. The van der Waals surface area contributed by atoms with E-state index in [-0.39, 0.29) is 24.6 Å². The van der Waals surface area contributed by atoms with Gasteiger partial charge in [0, 0.05) is 10.9 Å². The number of carbonyl (C=O) groups is 3. The quantitative estimate of drug-likeness (QED) is 0.669. The number of carboxylic acids is 1. The molecule has 0 spiro atoms. The van der Waals surface area contributed by atoms with Crippen LogP contribution in [0.4, 0.5) is 9.80 Å². The summed E-state index contributed by atoms with van der Waals surface area (Å²) in [5.74, 6) is -1.54. The largest absolute Gasteiger partial charge is 0.481 e. The molecule has 0 aliphatic heterocycles. The molecule has 3 N–H and O–H groups in total. The number of anilines is 1. The van der Waals surface area contributed by atoms with Crippen molar-refractivity contribution in [1.29, 1.82) is 0 Å². The molecule has 0 atom stereocenters. The molecule has 0 radical (unpaired) electrons. The number of carbonyl (C=O) groups excluding carboxylic acids is 2. The highest BCUT2D eigenvalue weighted by molar-refractivity contribution is 7.16. The number of esters is 1. The third-order valence-corrected chi connectivity index (χ3v) is 5.46. The minimum absolute atomic E-state index is 0.0488. The van der Waals surface area contributed by atoms with Crippen LogP contribution in [0.25, 0.3) is 0 Å². The van der Waals surface area contributed by atoms with Crippen molar-refractivity contribution >= 4 is 34.3 Å². The number of rotatable bonds is 6. The van der Waals surface area contributed by atoms with Gasteiger partial charge < -0.3 is 15.2 Å². The highest BCUT2D eigenvalue weighted by Crippen LogP contribution is 2.30. The SMILES string of the molecule is CCOC(=O)c1cc(CC)sc1NC(=O)NC1CCC(C(=O)O)CC1. The van der Waals surface area contributed by atoms with Crippen LogP contribution in [0, 0.1) is 5.92 Å². The Labute approximate surface area is 150 Å². The number of nitrogens with one attached hydrogen (secondary N) is 2. The predicted octanol–water partition coefficient (Wildman–Crippen LogP) is 3.25. The van der Waals surface area contributed by atoms with Gasteiger partial charge in [-0.2, -0.15) is 0 Å². The van der Waals surface area contributed by atoms with E-state index >= 15 is 0 Å². The Balaban J connectivity index is 1.95. The first-order valence-corrected chi connectivity index (χ1v) is 9.36. The molecule has 1 aromatic rings. The third-order valence-electron chi connectivity index (χ3n) is 4.27. The van der Waals surface area contributed by atoms with Gasteiger partial charge in [-0.3, -0.25) is 10.1 Å². The second kappa shape index (κ2) is 8.84. The summed E-state index contributed by atoms with van der Waals surface area (Å²) in [5.41, 5.74) is 0.369. The molecular weight excluding hydrogens is 344 g/mol. The van der Waals surface area contributed by atoms with Crippen molar-refractivity contribution in [2.45, 2.75) is 52.0 Å². The van der Waals surface area contributed by atoms with Crippen molar-refractivity contribution in [2.24, 2.45) is 5.92 Å². The van der Waals surface area contributed by atoms with Crippen LogP contribution in [0.1, 0.15) is 54.8 Å². The average Bonchev–Trinajstić information content (AvgIpc) is 2.98. The molecule has 1 aromatic heterocycles. The molecule has 7 nitrogen and oxygen atoms in total. The lowest BCUT2D eigenvalue weighted by Gasteiger charge is -2.26. The number of urea groups is 1. The fourth-order valence-electron chi connectivity index (χ4n) is 2.88. The number of hydrogen-bond donors (Lipinski definition) is 3. The molecule has 0 aromatic carbocycles. The van der Waals surface area contributed by atoms with E-state index in [1.165, 1.54) is 11.3 Å². The number of thiophene rings is 1. The Morgan fingerprint density at radius 3 is 2.48 bits per heavy atom. The lowest BCUT2D eigenvalue weighted by Crippen LogP contribution is -2.41. The molecule has 138 valence electrons. The third kappa shape index (κ3) is 5.19. The molecule has 2 amide bonds. The zero-order valence-electron chi connectivity index (χ0n) is 14.5. The second-order valence-corrected chi connectivity index (χ2v) is 7.15. The summed E-state index contributed by atoms with van der Waals surface area (Å²) in [6, 6.07) is 1.32. The van der Waals surface area contributed by atoms with E-state index in [0.29, 0.717) is 36.2 Å². The number of aliphatic carboxylic acids is 1. The molecule has 0 unspecified atom stereocenters. The van der Waals surface area contributed by atoms with Crippen LogP contribution in [-0.4, -0.2) is 35.7 Å². The molecule has 2 rings (SSSR count). The van der Waals surface area contributed by atoms with E-state index in [4.69, 9.17) is 9.84 Å². The number of carboxylic acid groups (broad SMARTS) is 1. The van der Waals surface area contributed by atoms with Crippen LogP contribution >= 0.6 is 11.3 Å². The Hall–Kier alpha value is -2.09. The average molecular weight is 368 g/mol. The normalized spacial score (nSPS) is 19.9. The fourth-order valence-corrected chi connectivity index (χ4v) is 3.86. The van der Waals surface area contributed by atoms with Crippen LogP contribution in [0.3, 0.4) is 0 Å². The number of amides is 2. The molecule has 0 bridgehead atoms. The fraction of sp³-hybridized carbons (Fsp3) is 0.588. The number of ether oxygens (including phenoxy) is 1. The molecule has 0 saturated heterocycles. The van der Waals surface area contributed by atoms with Crippen LogP contribution in [0.15, 0.2) is 6.07 Å². The van der Waals surface area contributed by atoms with Crippen molar-refractivity contribution in [1.82, 2.24) is 5.32 Å². The summed E-state index contributed by atoms with van der Waals surface area (Å²) in [6.45, 7) is 3.98. The minimum atomic E-state index is -0.771. The topological polar surface area (TPSA) is 105 Å². The van der Waals surface area contributed by atoms with Gasteiger partial charge in [0.2, 0.25) is 0 Å². The van der Waals surface area contributed by atoms with Gasteiger partial charge in [-0.05, 0) is 45.1 Å². The van der Waals surface area contributed by atoms with Gasteiger partial charge in [0.15, 0.2) is 0 Å². The molecule has 1 heterocycles. The zero-order valence-corrected chi connectivity index (χ0v) is 15.3. The summed E-state index contributed by atoms with van der Waals surface area (Å²) in [4.78, 5) is 36.2. The minimum Gasteiger partial charge on any atom is -0.481 e. The van der Waals surface area contributed by atoms with Gasteiger partial charge >= 0.3 is 18.0 Å². The van der Waals surface area contributed by atoms with Crippen molar-refractivity contribution in [3.8, 4) is 0 Å². The van der Waals surface area contributed by atoms with Gasteiger partial charge in [-0.15, -0.1) is 11.3 Å². The van der Waals surface area contributed by atoms with E-state index < -0.39 is 11.9 Å². The van der Waals surface area contributed by atoms with E-state index in [0.717, 1.165) is 11.3 Å². The predicted molar refractivity (Wildman–Crippen MR) is 95.2 cm³/mol. The summed E-state index contributed by atoms with van der Waals surface area (Å²) in [5, 5.41) is 15.1. The molecule has 25 heavy (non-hydrogen) atoms. The first-order chi connectivity index (χ1) is 11.9. The molecule has 1 saturated carbocycles. The number of aryl methyl sites for hydroxylation is 1. The van der Waals surface area contributed by atoms with Gasteiger partial charge in [0.1, 0.15) is 5.00 Å². The highest BCUT2D eigenvalue weighted by atomic mass is 32.1. The van der Waals surface area contributed by atoms with Crippen LogP contribution < -0.4 is 10.6 Å². The Bertz CT molecular complexity index is 635. The maximum atomic E-state index is 12.2. The van der Waals surface area contributed by atoms with Gasteiger partial charge in [-0.25, -0.2) is 9.59 Å². The van der Waals surface area contributed by atoms with Gasteiger partial charge in [0.05, 0.1) is 18.1 Å².